The van der Waals surface area contributed by atoms with Gasteiger partial charge in [0.15, 0.2) is 0 Å². The molecule has 0 bridgehead atoms. The molecule has 0 atom stereocenters. The van der Waals surface area contributed by atoms with E-state index in [0.717, 1.165) is 0 Å². The lowest BCUT2D eigenvalue weighted by Crippen LogP contribution is -2.11. The molecule has 16 heavy (non-hydrogen) atoms. The van der Waals surface area contributed by atoms with Crippen LogP contribution in [0.2, 0.25) is 10.0 Å². The van der Waals surface area contributed by atoms with Gasteiger partial charge in [0, 0.05) is 11.6 Å². The average Bonchev–Trinajstić information content (AvgIpc) is 2.78. The number of carbonyl (C=O) groups is 1. The van der Waals surface area contributed by atoms with Gasteiger partial charge in [0.1, 0.15) is 0 Å². The molecule has 2 heterocycles. The third kappa shape index (κ3) is 2.35. The average molecular weight is 273 g/mol. The summed E-state index contributed by atoms with van der Waals surface area (Å²) in [4.78, 5) is 15.6. The fourth-order valence-corrected chi connectivity index (χ4v) is 2.03. The number of thiophene rings is 1. The van der Waals surface area contributed by atoms with Crippen LogP contribution >= 0.6 is 34.5 Å². The zero-order valence-electron chi connectivity index (χ0n) is 7.91. The van der Waals surface area contributed by atoms with Crippen LogP contribution in [0.3, 0.4) is 0 Å². The number of hydrogen-bond donors (Lipinski definition) is 1. The van der Waals surface area contributed by atoms with Gasteiger partial charge in [-0.25, -0.2) is 0 Å². The smallest absolute Gasteiger partial charge is 0.256 e. The van der Waals surface area contributed by atoms with Gasteiger partial charge >= 0.3 is 0 Å². The number of amides is 1. The summed E-state index contributed by atoms with van der Waals surface area (Å²) in [5.74, 6) is -0.229. The minimum atomic E-state index is -0.229. The van der Waals surface area contributed by atoms with Crippen molar-refractivity contribution in [1.29, 1.82) is 0 Å². The summed E-state index contributed by atoms with van der Waals surface area (Å²) in [5, 5.41) is 6.82. The second kappa shape index (κ2) is 4.82. The van der Waals surface area contributed by atoms with E-state index in [1.54, 1.807) is 11.4 Å². The van der Waals surface area contributed by atoms with Crippen LogP contribution in [0.4, 0.5) is 5.69 Å². The molecule has 0 aliphatic carbocycles. The molecule has 0 aliphatic rings. The van der Waals surface area contributed by atoms with Gasteiger partial charge in [-0.15, -0.1) is 0 Å². The van der Waals surface area contributed by atoms with Crippen molar-refractivity contribution in [2.75, 3.05) is 5.32 Å². The van der Waals surface area contributed by atoms with Gasteiger partial charge in [-0.3, -0.25) is 9.78 Å². The summed E-state index contributed by atoms with van der Waals surface area (Å²) in [6.07, 6.45) is 2.88. The first-order valence-electron chi connectivity index (χ1n) is 4.31. The molecular weight excluding hydrogens is 267 g/mol. The Morgan fingerprint density at radius 2 is 2.19 bits per heavy atom. The predicted octanol–water partition coefficient (Wildman–Crippen LogP) is 3.70. The number of carbonyl (C=O) groups excluding carboxylic acids is 1. The molecule has 2 aromatic rings. The van der Waals surface area contributed by atoms with Crippen molar-refractivity contribution in [3.8, 4) is 0 Å². The van der Waals surface area contributed by atoms with Crippen molar-refractivity contribution in [3.05, 3.63) is 44.8 Å². The lowest BCUT2D eigenvalue weighted by atomic mass is 10.3. The minimum Gasteiger partial charge on any atom is -0.319 e. The number of nitrogens with zero attached hydrogens (tertiary/aromatic N) is 1. The van der Waals surface area contributed by atoms with Crippen LogP contribution in [0.1, 0.15) is 10.4 Å². The van der Waals surface area contributed by atoms with Crippen LogP contribution in [-0.4, -0.2) is 10.9 Å². The number of nitrogens with one attached hydrogen (secondary N) is 1. The highest BCUT2D eigenvalue weighted by Gasteiger charge is 2.10. The van der Waals surface area contributed by atoms with Crippen molar-refractivity contribution >= 4 is 46.1 Å². The summed E-state index contributed by atoms with van der Waals surface area (Å²) in [6, 6.07) is 1.73. The molecule has 0 saturated heterocycles. The number of halogens is 2. The van der Waals surface area contributed by atoms with E-state index < -0.39 is 0 Å². The van der Waals surface area contributed by atoms with E-state index in [2.05, 4.69) is 10.3 Å². The van der Waals surface area contributed by atoms with E-state index in [0.29, 0.717) is 21.3 Å². The van der Waals surface area contributed by atoms with Gasteiger partial charge in [-0.1, -0.05) is 23.2 Å². The highest BCUT2D eigenvalue weighted by molar-refractivity contribution is 7.08. The van der Waals surface area contributed by atoms with Crippen molar-refractivity contribution in [2.45, 2.75) is 0 Å². The minimum absolute atomic E-state index is 0.229. The van der Waals surface area contributed by atoms with Crippen LogP contribution in [0.5, 0.6) is 0 Å². The molecule has 2 aromatic heterocycles. The summed E-state index contributed by atoms with van der Waals surface area (Å²) in [6.45, 7) is 0. The van der Waals surface area contributed by atoms with Crippen molar-refractivity contribution in [1.82, 2.24) is 4.98 Å². The number of rotatable bonds is 2. The van der Waals surface area contributed by atoms with E-state index >= 15 is 0 Å². The molecule has 0 aliphatic heterocycles. The van der Waals surface area contributed by atoms with Crippen LogP contribution in [0.15, 0.2) is 29.2 Å². The first-order chi connectivity index (χ1) is 7.68. The Labute approximate surface area is 106 Å². The molecule has 0 saturated carbocycles. The zero-order chi connectivity index (χ0) is 11.5. The van der Waals surface area contributed by atoms with Crippen LogP contribution in [-0.2, 0) is 0 Å². The Bertz CT molecular complexity index is 514. The van der Waals surface area contributed by atoms with Crippen molar-refractivity contribution < 1.29 is 4.79 Å². The fourth-order valence-electron chi connectivity index (χ4n) is 1.09. The molecule has 3 nitrogen and oxygen atoms in total. The maximum Gasteiger partial charge on any atom is 0.256 e. The van der Waals surface area contributed by atoms with Gasteiger partial charge in [0.2, 0.25) is 0 Å². The van der Waals surface area contributed by atoms with Gasteiger partial charge in [0.05, 0.1) is 27.5 Å². The van der Waals surface area contributed by atoms with E-state index in [4.69, 9.17) is 23.2 Å². The molecule has 2 rings (SSSR count). The molecular formula is C10H6Cl2N2OS. The Kier molecular flexibility index (Phi) is 3.43. The van der Waals surface area contributed by atoms with Crippen LogP contribution in [0.25, 0.3) is 0 Å². The molecule has 0 fully saturated rings. The highest BCUT2D eigenvalue weighted by atomic mass is 35.5. The van der Waals surface area contributed by atoms with E-state index in [9.17, 15) is 4.79 Å². The number of aromatic nitrogens is 1. The Morgan fingerprint density at radius 3 is 2.88 bits per heavy atom. The second-order valence-electron chi connectivity index (χ2n) is 2.95. The first kappa shape index (κ1) is 11.4. The Balaban J connectivity index is 2.22. The van der Waals surface area contributed by atoms with Crippen molar-refractivity contribution in [3.63, 3.8) is 0 Å². The summed E-state index contributed by atoms with van der Waals surface area (Å²) in [5.41, 5.74) is 0.992. The Morgan fingerprint density at radius 1 is 1.38 bits per heavy atom. The molecule has 82 valence electrons. The third-order valence-electron chi connectivity index (χ3n) is 1.87. The highest BCUT2D eigenvalue weighted by Crippen LogP contribution is 2.28. The lowest BCUT2D eigenvalue weighted by molar-refractivity contribution is 0.102. The number of anilines is 1. The topological polar surface area (TPSA) is 42.0 Å². The monoisotopic (exact) mass is 272 g/mol. The summed E-state index contributed by atoms with van der Waals surface area (Å²) >= 11 is 13.1. The quantitative estimate of drug-likeness (QED) is 0.906. The normalized spacial score (nSPS) is 10.1. The predicted molar refractivity (Wildman–Crippen MR) is 66.5 cm³/mol. The van der Waals surface area contributed by atoms with Crippen LogP contribution < -0.4 is 5.32 Å². The van der Waals surface area contributed by atoms with Crippen LogP contribution in [0, 0.1) is 0 Å². The molecule has 0 aromatic carbocycles. The van der Waals surface area contributed by atoms with E-state index in [1.165, 1.54) is 23.7 Å². The SMILES string of the molecule is O=C(Nc1cncc(Cl)c1Cl)c1ccsc1. The summed E-state index contributed by atoms with van der Waals surface area (Å²) in [7, 11) is 0. The Hall–Kier alpha value is -1.10. The van der Waals surface area contributed by atoms with Gasteiger partial charge in [-0.2, -0.15) is 11.3 Å². The maximum absolute atomic E-state index is 11.7. The number of pyridine rings is 1. The molecule has 6 heteroatoms. The van der Waals surface area contributed by atoms with E-state index in [-0.39, 0.29) is 5.91 Å². The zero-order valence-corrected chi connectivity index (χ0v) is 10.2. The second-order valence-corrected chi connectivity index (χ2v) is 4.51. The summed E-state index contributed by atoms with van der Waals surface area (Å²) < 4.78 is 0. The molecule has 1 N–H and O–H groups in total. The van der Waals surface area contributed by atoms with Gasteiger partial charge in [-0.05, 0) is 11.4 Å². The maximum atomic E-state index is 11.7. The van der Waals surface area contributed by atoms with Crippen molar-refractivity contribution in [2.24, 2.45) is 0 Å². The molecule has 1 amide bonds. The standard InChI is InChI=1S/C10H6Cl2N2OS/c11-7-3-13-4-8(9(7)12)14-10(15)6-1-2-16-5-6/h1-5H,(H,14,15). The third-order valence-corrected chi connectivity index (χ3v) is 3.34. The largest absolute Gasteiger partial charge is 0.319 e. The molecule has 0 radical (unpaired) electrons. The molecule has 0 spiro atoms. The fraction of sp³-hybridized carbons (Fsp3) is 0. The lowest BCUT2D eigenvalue weighted by Gasteiger charge is -2.06. The molecule has 0 unspecified atom stereocenters. The van der Waals surface area contributed by atoms with Gasteiger partial charge in [0.25, 0.3) is 5.91 Å². The first-order valence-corrected chi connectivity index (χ1v) is 6.01. The van der Waals surface area contributed by atoms with Gasteiger partial charge < -0.3 is 5.32 Å². The number of hydrogen-bond acceptors (Lipinski definition) is 3. The van der Waals surface area contributed by atoms with E-state index in [1.807, 2.05) is 5.38 Å².